The molecule has 0 radical (unpaired) electrons. The summed E-state index contributed by atoms with van der Waals surface area (Å²) in [5.41, 5.74) is 6.43. The lowest BCUT2D eigenvalue weighted by atomic mass is 10.1. The maximum Gasteiger partial charge on any atom is 0.340 e. The lowest BCUT2D eigenvalue weighted by Crippen LogP contribution is -2.09. The van der Waals surface area contributed by atoms with E-state index in [9.17, 15) is 9.18 Å². The molecule has 0 bridgehead atoms. The van der Waals surface area contributed by atoms with Gasteiger partial charge in [-0.1, -0.05) is 5.16 Å². The number of ether oxygens (including phenoxy) is 1. The Kier molecular flexibility index (Phi) is 3.65. The first-order valence-corrected chi connectivity index (χ1v) is 5.42. The van der Waals surface area contributed by atoms with Crippen molar-refractivity contribution >= 4 is 17.3 Å². The molecule has 0 atom stereocenters. The zero-order chi connectivity index (χ0) is 13.8. The predicted molar refractivity (Wildman–Crippen MR) is 66.0 cm³/mol. The fourth-order valence-corrected chi connectivity index (χ4v) is 1.53. The predicted octanol–water partition coefficient (Wildman–Crippen LogP) is 1.79. The third kappa shape index (κ3) is 2.82. The molecule has 0 aliphatic carbocycles. The number of benzene rings is 1. The maximum absolute atomic E-state index is 13.7. The van der Waals surface area contributed by atoms with E-state index in [0.717, 1.165) is 6.07 Å². The van der Waals surface area contributed by atoms with Gasteiger partial charge < -0.3 is 20.3 Å². The summed E-state index contributed by atoms with van der Waals surface area (Å²) in [5.74, 6) is -1.18. The summed E-state index contributed by atoms with van der Waals surface area (Å²) in [6, 6.07) is 4.01. The average Bonchev–Trinajstić information content (AvgIpc) is 2.90. The Balaban J connectivity index is 2.22. The number of esters is 1. The highest BCUT2D eigenvalue weighted by molar-refractivity contribution is 5.96. The first-order valence-electron chi connectivity index (χ1n) is 5.42. The third-order valence-corrected chi connectivity index (χ3v) is 2.50. The number of methoxy groups -OCH3 is 1. The highest BCUT2D eigenvalue weighted by atomic mass is 19.1. The number of anilines is 2. The van der Waals surface area contributed by atoms with Crippen molar-refractivity contribution in [1.29, 1.82) is 0 Å². The first-order chi connectivity index (χ1) is 9.11. The van der Waals surface area contributed by atoms with Crippen molar-refractivity contribution in [1.82, 2.24) is 5.16 Å². The summed E-state index contributed by atoms with van der Waals surface area (Å²) < 4.78 is 22.9. The number of carbonyl (C=O) groups excluding carboxylic acids is 1. The molecule has 100 valence electrons. The van der Waals surface area contributed by atoms with E-state index >= 15 is 0 Å². The van der Waals surface area contributed by atoms with Crippen molar-refractivity contribution in [3.05, 3.63) is 41.5 Å². The van der Waals surface area contributed by atoms with Crippen molar-refractivity contribution in [2.45, 2.75) is 6.54 Å². The molecule has 0 saturated heterocycles. The van der Waals surface area contributed by atoms with Crippen LogP contribution in [0.2, 0.25) is 0 Å². The van der Waals surface area contributed by atoms with Crippen LogP contribution in [0.1, 0.15) is 16.1 Å². The molecule has 7 heteroatoms. The van der Waals surface area contributed by atoms with Crippen LogP contribution in [0, 0.1) is 5.82 Å². The maximum atomic E-state index is 13.7. The van der Waals surface area contributed by atoms with Gasteiger partial charge in [-0.2, -0.15) is 0 Å². The number of nitrogen functional groups attached to an aromatic ring is 1. The number of carbonyl (C=O) groups is 1. The van der Waals surface area contributed by atoms with Crippen molar-refractivity contribution in [3.63, 3.8) is 0 Å². The number of nitrogens with one attached hydrogen (secondary N) is 1. The molecule has 19 heavy (non-hydrogen) atoms. The quantitative estimate of drug-likeness (QED) is 0.647. The number of halogens is 1. The van der Waals surface area contributed by atoms with Gasteiger partial charge in [-0.25, -0.2) is 9.18 Å². The SMILES string of the molecule is COC(=O)c1cc(NCc2ccon2)c(F)cc1N. The van der Waals surface area contributed by atoms with Crippen LogP contribution in [-0.2, 0) is 11.3 Å². The molecule has 0 fully saturated rings. The summed E-state index contributed by atoms with van der Waals surface area (Å²) in [6.45, 7) is 0.262. The van der Waals surface area contributed by atoms with E-state index < -0.39 is 11.8 Å². The van der Waals surface area contributed by atoms with Gasteiger partial charge in [-0.05, 0) is 12.1 Å². The molecule has 0 amide bonds. The second kappa shape index (κ2) is 5.38. The Morgan fingerprint density at radius 2 is 2.37 bits per heavy atom. The zero-order valence-corrected chi connectivity index (χ0v) is 10.1. The van der Waals surface area contributed by atoms with Crippen LogP contribution >= 0.6 is 0 Å². The number of nitrogens with two attached hydrogens (primary N) is 1. The summed E-state index contributed by atoms with van der Waals surface area (Å²) in [5, 5.41) is 6.48. The smallest absolute Gasteiger partial charge is 0.340 e. The standard InChI is InChI=1S/C12H12FN3O3/c1-18-12(17)8-4-11(9(13)5-10(8)14)15-6-7-2-3-19-16-7/h2-5,15H,6,14H2,1H3. The average molecular weight is 265 g/mol. The molecule has 1 aromatic heterocycles. The Morgan fingerprint density at radius 3 is 3.00 bits per heavy atom. The van der Waals surface area contributed by atoms with E-state index in [2.05, 4.69) is 19.7 Å². The fraction of sp³-hybridized carbons (Fsp3) is 0.167. The van der Waals surface area contributed by atoms with Crippen LogP contribution in [0.15, 0.2) is 29.0 Å². The second-order valence-corrected chi connectivity index (χ2v) is 3.76. The van der Waals surface area contributed by atoms with Gasteiger partial charge in [-0.3, -0.25) is 0 Å². The van der Waals surface area contributed by atoms with E-state index in [0.29, 0.717) is 5.69 Å². The van der Waals surface area contributed by atoms with E-state index in [1.165, 1.54) is 19.4 Å². The van der Waals surface area contributed by atoms with Gasteiger partial charge >= 0.3 is 5.97 Å². The van der Waals surface area contributed by atoms with Gasteiger partial charge in [0.15, 0.2) is 0 Å². The highest BCUT2D eigenvalue weighted by Crippen LogP contribution is 2.23. The topological polar surface area (TPSA) is 90.4 Å². The number of aromatic nitrogens is 1. The Bertz CT molecular complexity index is 584. The van der Waals surface area contributed by atoms with Gasteiger partial charge in [0.2, 0.25) is 0 Å². The molecule has 2 aromatic rings. The number of hydrogen-bond acceptors (Lipinski definition) is 6. The van der Waals surface area contributed by atoms with Gasteiger partial charge in [0.05, 0.1) is 24.9 Å². The summed E-state index contributed by atoms with van der Waals surface area (Å²) in [7, 11) is 1.23. The van der Waals surface area contributed by atoms with Crippen molar-refractivity contribution < 1.29 is 18.4 Å². The third-order valence-electron chi connectivity index (χ3n) is 2.50. The van der Waals surface area contributed by atoms with Crippen molar-refractivity contribution in [2.75, 3.05) is 18.2 Å². The van der Waals surface area contributed by atoms with Gasteiger partial charge in [0.1, 0.15) is 17.8 Å². The number of hydrogen-bond donors (Lipinski definition) is 2. The van der Waals surface area contributed by atoms with E-state index in [1.807, 2.05) is 0 Å². The van der Waals surface area contributed by atoms with Gasteiger partial charge in [0, 0.05) is 11.8 Å². The molecule has 1 aromatic carbocycles. The summed E-state index contributed by atoms with van der Waals surface area (Å²) in [4.78, 5) is 11.5. The summed E-state index contributed by atoms with van der Waals surface area (Å²) in [6.07, 6.45) is 1.41. The second-order valence-electron chi connectivity index (χ2n) is 3.76. The number of rotatable bonds is 4. The van der Waals surface area contributed by atoms with E-state index in [1.54, 1.807) is 6.07 Å². The zero-order valence-electron chi connectivity index (χ0n) is 10.1. The molecule has 0 spiro atoms. The molecule has 0 unspecified atom stereocenters. The molecule has 0 aliphatic heterocycles. The molecular formula is C12H12FN3O3. The normalized spacial score (nSPS) is 10.2. The minimum atomic E-state index is -0.623. The van der Waals surface area contributed by atoms with Crippen molar-refractivity contribution in [3.8, 4) is 0 Å². The lowest BCUT2D eigenvalue weighted by molar-refractivity contribution is 0.0602. The van der Waals surface area contributed by atoms with Crippen LogP contribution in [0.3, 0.4) is 0 Å². The van der Waals surface area contributed by atoms with Crippen LogP contribution in [0.4, 0.5) is 15.8 Å². The molecule has 0 aliphatic rings. The number of nitrogens with zero attached hydrogens (tertiary/aromatic N) is 1. The molecule has 0 saturated carbocycles. The molecule has 6 nitrogen and oxygen atoms in total. The molecule has 1 heterocycles. The molecule has 3 N–H and O–H groups in total. The minimum absolute atomic E-state index is 0.0244. The Morgan fingerprint density at radius 1 is 1.58 bits per heavy atom. The molecule has 2 rings (SSSR count). The monoisotopic (exact) mass is 265 g/mol. The van der Waals surface area contributed by atoms with Crippen LogP contribution in [0.5, 0.6) is 0 Å². The Labute approximate surface area is 108 Å². The largest absolute Gasteiger partial charge is 0.465 e. The van der Waals surface area contributed by atoms with Crippen LogP contribution < -0.4 is 11.1 Å². The van der Waals surface area contributed by atoms with Crippen LogP contribution in [0.25, 0.3) is 0 Å². The van der Waals surface area contributed by atoms with E-state index in [4.69, 9.17) is 5.73 Å². The van der Waals surface area contributed by atoms with Gasteiger partial charge in [-0.15, -0.1) is 0 Å². The minimum Gasteiger partial charge on any atom is -0.465 e. The fourth-order valence-electron chi connectivity index (χ4n) is 1.53. The lowest BCUT2D eigenvalue weighted by Gasteiger charge is -2.10. The molecular weight excluding hydrogens is 253 g/mol. The summed E-state index contributed by atoms with van der Waals surface area (Å²) >= 11 is 0. The van der Waals surface area contributed by atoms with Crippen LogP contribution in [-0.4, -0.2) is 18.2 Å². The van der Waals surface area contributed by atoms with E-state index in [-0.39, 0.29) is 23.5 Å². The van der Waals surface area contributed by atoms with Crippen molar-refractivity contribution in [2.24, 2.45) is 0 Å². The first kappa shape index (κ1) is 12.9. The Hall–Kier alpha value is -2.57. The van der Waals surface area contributed by atoms with Gasteiger partial charge in [0.25, 0.3) is 0 Å². The highest BCUT2D eigenvalue weighted by Gasteiger charge is 2.14.